The standard InChI is InChI=1S/Al.B.Ca.H3Si.3H/h;;;1H3;;;/q;-1;+2;-1;;;. The summed E-state index contributed by atoms with van der Waals surface area (Å²) in [6, 6.07) is 0. The van der Waals surface area contributed by atoms with E-state index in [0.717, 1.165) is 0 Å². The van der Waals surface area contributed by atoms with Crippen LogP contribution in [0.2, 0.25) is 0 Å². The molecule has 0 bridgehead atoms. The molecule has 18 valence electrons. The fourth-order valence-electron chi connectivity index (χ4n) is 0. The van der Waals surface area contributed by atoms with Gasteiger partial charge in [0.15, 0.2) is 17.4 Å². The minimum Gasteiger partial charge on any atom is -1.00 e. The van der Waals surface area contributed by atoms with E-state index >= 15 is 0 Å². The average molecular weight is 112 g/mol. The van der Waals surface area contributed by atoms with Crippen molar-refractivity contribution in [2.45, 2.75) is 0 Å². The minimum absolute atomic E-state index is 0. The Kier molecular flexibility index (Phi) is 178. The van der Waals surface area contributed by atoms with E-state index < -0.39 is 0 Å². The van der Waals surface area contributed by atoms with Crippen LogP contribution in [-0.4, -0.2) is 74.5 Å². The molecule has 0 aliphatic rings. The summed E-state index contributed by atoms with van der Waals surface area (Å²) in [6.45, 7) is 0. The van der Waals surface area contributed by atoms with Crippen molar-refractivity contribution in [1.82, 2.24) is 0 Å². The number of hydrogen-bond donors (Lipinski definition) is 0. The van der Waals surface area contributed by atoms with Crippen molar-refractivity contribution < 1.29 is 0 Å². The van der Waals surface area contributed by atoms with Crippen molar-refractivity contribution in [1.29, 1.82) is 0 Å². The van der Waals surface area contributed by atoms with Crippen LogP contribution >= 0.6 is 0 Å². The van der Waals surface area contributed by atoms with Gasteiger partial charge < -0.3 is 19.4 Å². The summed E-state index contributed by atoms with van der Waals surface area (Å²) in [6.07, 6.45) is 0. The summed E-state index contributed by atoms with van der Waals surface area (Å²) in [4.78, 5) is 0. The Morgan fingerprint density at radius 3 is 1.00 bits per heavy atom. The maximum Gasteiger partial charge on any atom is 2.00 e. The maximum absolute atomic E-state index is 0. The van der Waals surface area contributed by atoms with Gasteiger partial charge in [0.1, 0.15) is 0 Å². The van der Waals surface area contributed by atoms with Crippen molar-refractivity contribution in [2.75, 3.05) is 0 Å². The quantitative estimate of drug-likeness (QED) is 0.291. The summed E-state index contributed by atoms with van der Waals surface area (Å²) < 4.78 is 0. The molecule has 0 unspecified atom stereocenters. The first-order valence-corrected chi connectivity index (χ1v) is 0. The van der Waals surface area contributed by atoms with Crippen molar-refractivity contribution in [3.63, 3.8) is 0 Å². The molecule has 0 atom stereocenters. The Morgan fingerprint density at radius 2 is 1.00 bits per heavy atom. The van der Waals surface area contributed by atoms with Crippen molar-refractivity contribution in [3.8, 4) is 0 Å². The van der Waals surface area contributed by atoms with Crippen LogP contribution in [0.4, 0.5) is 0 Å². The zero-order valence-corrected chi connectivity index (χ0v) is 6.49. The minimum atomic E-state index is 0. The molecule has 4 heavy (non-hydrogen) atoms. The third kappa shape index (κ3) is 8.95. The molecule has 4 heteroatoms. The van der Waals surface area contributed by atoms with E-state index in [1.807, 2.05) is 0 Å². The van der Waals surface area contributed by atoms with Crippen LogP contribution in [0, 0.1) is 0 Å². The zero-order chi connectivity index (χ0) is 0. The molecular weight excluding hydrogens is 106 g/mol. The summed E-state index contributed by atoms with van der Waals surface area (Å²) in [7, 11) is 0. The smallest absolute Gasteiger partial charge is 1.00 e. The summed E-state index contributed by atoms with van der Waals surface area (Å²) in [5.41, 5.74) is 0. The van der Waals surface area contributed by atoms with Crippen LogP contribution in [0.3, 0.4) is 0 Å². The molecule has 0 aliphatic heterocycles. The van der Waals surface area contributed by atoms with Gasteiger partial charge >= 0.3 is 37.7 Å². The first kappa shape index (κ1) is 36.4. The molecule has 0 aliphatic carbocycles. The third-order valence-electron chi connectivity index (χ3n) is 0. The van der Waals surface area contributed by atoms with Gasteiger partial charge in [-0.25, -0.2) is 0 Å². The van der Waals surface area contributed by atoms with E-state index in [-0.39, 0.29) is 74.5 Å². The van der Waals surface area contributed by atoms with Crippen LogP contribution in [0.5, 0.6) is 0 Å². The monoisotopic (exact) mass is 112 g/mol. The SMILES string of the molecule is [AlH3].[B-].[Ca+2].[SiH3-]. The molecule has 0 heterocycles. The van der Waals surface area contributed by atoms with Crippen molar-refractivity contribution >= 4 is 74.5 Å². The number of rotatable bonds is 0. The van der Waals surface area contributed by atoms with E-state index in [4.69, 9.17) is 0 Å². The van der Waals surface area contributed by atoms with Gasteiger partial charge in [0.05, 0.1) is 0 Å². The summed E-state index contributed by atoms with van der Waals surface area (Å²) in [5.74, 6) is 0. The van der Waals surface area contributed by atoms with Gasteiger partial charge in [-0.15, -0.1) is 0 Å². The summed E-state index contributed by atoms with van der Waals surface area (Å²) in [5, 5.41) is 0. The van der Waals surface area contributed by atoms with Gasteiger partial charge in [-0.1, -0.05) is 0 Å². The van der Waals surface area contributed by atoms with E-state index in [2.05, 4.69) is 0 Å². The molecule has 0 aromatic carbocycles. The van der Waals surface area contributed by atoms with Crippen LogP contribution in [0.15, 0.2) is 0 Å². The van der Waals surface area contributed by atoms with Gasteiger partial charge in [0, 0.05) is 0 Å². The Morgan fingerprint density at radius 1 is 1.00 bits per heavy atom. The van der Waals surface area contributed by atoms with Crippen molar-refractivity contribution in [2.24, 2.45) is 0 Å². The normalized spacial score (nSPS) is 0. The first-order chi connectivity index (χ1) is 0. The molecule has 0 N–H and O–H groups in total. The van der Waals surface area contributed by atoms with Gasteiger partial charge in [-0.3, -0.25) is 0 Å². The second-order valence-corrected chi connectivity index (χ2v) is 0. The van der Waals surface area contributed by atoms with E-state index in [1.54, 1.807) is 0 Å². The van der Waals surface area contributed by atoms with Gasteiger partial charge in [0.25, 0.3) is 0 Å². The fraction of sp³-hybridized carbons (Fsp3) is 0. The van der Waals surface area contributed by atoms with Crippen LogP contribution in [-0.2, 0) is 0 Å². The van der Waals surface area contributed by atoms with Gasteiger partial charge in [-0.2, -0.15) is 0 Å². The second-order valence-electron chi connectivity index (χ2n) is 0. The average Bonchev–Trinajstić information content (AvgIpc) is 0. The molecule has 4 radical (unpaired) electrons. The molecule has 0 amide bonds. The Labute approximate surface area is 73.5 Å². The molecule has 0 nitrogen and oxygen atoms in total. The Balaban J connectivity index is 0. The van der Waals surface area contributed by atoms with E-state index in [9.17, 15) is 0 Å². The predicted molar refractivity (Wildman–Crippen MR) is 31.4 cm³/mol. The summed E-state index contributed by atoms with van der Waals surface area (Å²) >= 11 is 0. The topological polar surface area (TPSA) is 0 Å². The second kappa shape index (κ2) is 19.6. The molecule has 0 rings (SSSR count). The molecule has 0 aromatic rings. The zero-order valence-electron chi connectivity index (χ0n) is 2.28. The molecule has 0 fully saturated rings. The fourth-order valence-corrected chi connectivity index (χ4v) is 0. The van der Waals surface area contributed by atoms with Crippen molar-refractivity contribution in [3.05, 3.63) is 0 Å². The Bertz CT molecular complexity index is 8.00. The van der Waals surface area contributed by atoms with Gasteiger partial charge in [-0.05, 0) is 0 Å². The van der Waals surface area contributed by atoms with Crippen LogP contribution in [0.25, 0.3) is 0 Å². The largest absolute Gasteiger partial charge is 2.00 e. The Hall–Kier alpha value is 2.07. The van der Waals surface area contributed by atoms with E-state index in [1.165, 1.54) is 0 Å². The first-order valence-electron chi connectivity index (χ1n) is 0. The van der Waals surface area contributed by atoms with Crippen LogP contribution < -0.4 is 0 Å². The predicted octanol–water partition coefficient (Wildman–Crippen LogP) is -3.13. The molecule has 0 saturated carbocycles. The van der Waals surface area contributed by atoms with Crippen LogP contribution in [0.1, 0.15) is 0 Å². The molecular formula is H6AlBCaSi. The molecule has 0 saturated heterocycles. The van der Waals surface area contributed by atoms with Gasteiger partial charge in [0.2, 0.25) is 0 Å². The molecule has 0 spiro atoms. The van der Waals surface area contributed by atoms with E-state index in [0.29, 0.717) is 0 Å². The maximum atomic E-state index is 0. The third-order valence-corrected chi connectivity index (χ3v) is 0. The number of hydrogen-bond acceptors (Lipinski definition) is 0. The molecule has 0 aromatic heterocycles.